The molecule has 1 amide bonds. The smallest absolute Gasteiger partial charge is 0.222 e. The quantitative estimate of drug-likeness (QED) is 0.899. The maximum atomic E-state index is 12.5. The molecule has 0 unspecified atom stereocenters. The number of anilines is 1. The van der Waals surface area contributed by atoms with E-state index >= 15 is 0 Å². The maximum Gasteiger partial charge on any atom is 0.222 e. The summed E-state index contributed by atoms with van der Waals surface area (Å²) < 4.78 is 0. The Hall–Kier alpha value is -1.92. The van der Waals surface area contributed by atoms with Gasteiger partial charge in [-0.05, 0) is 36.8 Å². The van der Waals surface area contributed by atoms with Crippen LogP contribution in [0.5, 0.6) is 0 Å². The number of likely N-dealkylation sites (tertiary alicyclic amines) is 1. The fourth-order valence-corrected chi connectivity index (χ4v) is 4.74. The summed E-state index contributed by atoms with van der Waals surface area (Å²) in [5.74, 6) is 0.249. The molecular formula is C20H26N4OS. The van der Waals surface area contributed by atoms with Crippen LogP contribution in [0.2, 0.25) is 0 Å². The minimum Gasteiger partial charge on any atom is -0.375 e. The number of piperidine rings is 1. The number of nitrogen functional groups attached to an aromatic ring is 1. The second-order valence-electron chi connectivity index (χ2n) is 7.28. The fourth-order valence-electron chi connectivity index (χ4n) is 4.14. The third-order valence-corrected chi connectivity index (χ3v) is 6.38. The van der Waals surface area contributed by atoms with Gasteiger partial charge in [0.1, 0.15) is 0 Å². The molecular weight excluding hydrogens is 344 g/mol. The summed E-state index contributed by atoms with van der Waals surface area (Å²) in [5.41, 5.74) is 9.56. The lowest BCUT2D eigenvalue weighted by molar-refractivity contribution is -0.132. The van der Waals surface area contributed by atoms with E-state index in [2.05, 4.69) is 34.1 Å². The van der Waals surface area contributed by atoms with Crippen LogP contribution in [0, 0.1) is 0 Å². The Morgan fingerprint density at radius 2 is 1.96 bits per heavy atom. The standard InChI is InChI=1S/C20H26N4OS/c21-20-22-17(14-26-20)5-6-19(25)23-11-8-18(9-12-23)24-10-7-15-3-1-2-4-16(15)13-24/h1-4,14,18H,5-13H2,(H2,21,22). The first-order valence-electron chi connectivity index (χ1n) is 9.47. The molecule has 5 nitrogen and oxygen atoms in total. The van der Waals surface area contributed by atoms with Gasteiger partial charge in [0.05, 0.1) is 5.69 Å². The van der Waals surface area contributed by atoms with Crippen LogP contribution in [-0.4, -0.2) is 46.4 Å². The summed E-state index contributed by atoms with van der Waals surface area (Å²) in [6.45, 7) is 3.95. The molecule has 1 aromatic heterocycles. The van der Waals surface area contributed by atoms with E-state index in [9.17, 15) is 4.79 Å². The lowest BCUT2D eigenvalue weighted by atomic mass is 9.95. The molecule has 0 radical (unpaired) electrons. The van der Waals surface area contributed by atoms with Crippen molar-refractivity contribution in [3.63, 3.8) is 0 Å². The average molecular weight is 371 g/mol. The molecule has 1 saturated heterocycles. The summed E-state index contributed by atoms with van der Waals surface area (Å²) in [6.07, 6.45) is 4.53. The number of nitrogens with zero attached hydrogens (tertiary/aromatic N) is 3. The summed E-state index contributed by atoms with van der Waals surface area (Å²) in [5, 5.41) is 2.53. The first-order valence-corrected chi connectivity index (χ1v) is 10.4. The highest BCUT2D eigenvalue weighted by Gasteiger charge is 2.28. The highest BCUT2D eigenvalue weighted by atomic mass is 32.1. The number of amides is 1. The Labute approximate surface area is 158 Å². The number of aromatic nitrogens is 1. The molecule has 26 heavy (non-hydrogen) atoms. The van der Waals surface area contributed by atoms with Crippen LogP contribution in [0.1, 0.15) is 36.1 Å². The molecule has 2 aromatic rings. The van der Waals surface area contributed by atoms with E-state index in [0.29, 0.717) is 24.0 Å². The van der Waals surface area contributed by atoms with Crippen molar-refractivity contribution in [1.29, 1.82) is 0 Å². The molecule has 0 bridgehead atoms. The zero-order valence-electron chi connectivity index (χ0n) is 15.1. The Bertz CT molecular complexity index is 767. The van der Waals surface area contributed by atoms with Crippen molar-refractivity contribution in [2.45, 2.75) is 44.7 Å². The van der Waals surface area contributed by atoms with Gasteiger partial charge in [-0.3, -0.25) is 9.69 Å². The van der Waals surface area contributed by atoms with Crippen LogP contribution in [0.3, 0.4) is 0 Å². The molecule has 3 heterocycles. The number of aryl methyl sites for hydroxylation is 1. The van der Waals surface area contributed by atoms with Gasteiger partial charge in [-0.25, -0.2) is 4.98 Å². The zero-order chi connectivity index (χ0) is 17.9. The molecule has 0 saturated carbocycles. The largest absolute Gasteiger partial charge is 0.375 e. The van der Waals surface area contributed by atoms with Crippen molar-refractivity contribution in [3.8, 4) is 0 Å². The number of fused-ring (bicyclic) bond motifs is 1. The molecule has 0 atom stereocenters. The van der Waals surface area contributed by atoms with Crippen LogP contribution >= 0.6 is 11.3 Å². The molecule has 2 aliphatic rings. The van der Waals surface area contributed by atoms with E-state index < -0.39 is 0 Å². The number of thiazole rings is 1. The van der Waals surface area contributed by atoms with Crippen LogP contribution in [0.15, 0.2) is 29.6 Å². The Morgan fingerprint density at radius 3 is 2.69 bits per heavy atom. The van der Waals surface area contributed by atoms with Gasteiger partial charge < -0.3 is 10.6 Å². The predicted molar refractivity (Wildman–Crippen MR) is 105 cm³/mol. The van der Waals surface area contributed by atoms with E-state index in [1.165, 1.54) is 22.5 Å². The minimum atomic E-state index is 0.249. The molecule has 138 valence electrons. The van der Waals surface area contributed by atoms with Crippen molar-refractivity contribution in [3.05, 3.63) is 46.5 Å². The van der Waals surface area contributed by atoms with Gasteiger partial charge in [-0.1, -0.05) is 24.3 Å². The van der Waals surface area contributed by atoms with Gasteiger partial charge in [0.15, 0.2) is 5.13 Å². The Kier molecular flexibility index (Phi) is 5.22. The first-order chi connectivity index (χ1) is 12.7. The maximum absolute atomic E-state index is 12.5. The molecule has 0 aliphatic carbocycles. The van der Waals surface area contributed by atoms with Crippen LogP contribution < -0.4 is 5.73 Å². The second kappa shape index (κ2) is 7.76. The lowest BCUT2D eigenvalue weighted by Crippen LogP contribution is -2.48. The predicted octanol–water partition coefficient (Wildman–Crippen LogP) is 2.71. The molecule has 1 aromatic carbocycles. The second-order valence-corrected chi connectivity index (χ2v) is 8.17. The minimum absolute atomic E-state index is 0.249. The van der Waals surface area contributed by atoms with E-state index in [-0.39, 0.29) is 5.91 Å². The van der Waals surface area contributed by atoms with E-state index in [0.717, 1.165) is 51.1 Å². The number of benzene rings is 1. The zero-order valence-corrected chi connectivity index (χ0v) is 15.9. The van der Waals surface area contributed by atoms with Gasteiger partial charge >= 0.3 is 0 Å². The van der Waals surface area contributed by atoms with Crippen LogP contribution in [0.4, 0.5) is 5.13 Å². The van der Waals surface area contributed by atoms with Gasteiger partial charge in [0, 0.05) is 44.0 Å². The number of nitrogens with two attached hydrogens (primary N) is 1. The van der Waals surface area contributed by atoms with E-state index in [1.54, 1.807) is 0 Å². The topological polar surface area (TPSA) is 62.5 Å². The number of hydrogen-bond acceptors (Lipinski definition) is 5. The third-order valence-electron chi connectivity index (χ3n) is 5.66. The average Bonchev–Trinajstić information content (AvgIpc) is 3.11. The summed E-state index contributed by atoms with van der Waals surface area (Å²) in [7, 11) is 0. The van der Waals surface area contributed by atoms with Crippen molar-refractivity contribution in [2.75, 3.05) is 25.4 Å². The summed E-state index contributed by atoms with van der Waals surface area (Å²) in [4.78, 5) is 21.4. The SMILES string of the molecule is Nc1nc(CCC(=O)N2CCC(N3CCc4ccccc4C3)CC2)cs1. The molecule has 0 spiro atoms. The molecule has 2 N–H and O–H groups in total. The van der Waals surface area contributed by atoms with Crippen molar-refractivity contribution < 1.29 is 4.79 Å². The summed E-state index contributed by atoms with van der Waals surface area (Å²) in [6, 6.07) is 9.39. The Morgan fingerprint density at radius 1 is 1.19 bits per heavy atom. The highest BCUT2D eigenvalue weighted by molar-refractivity contribution is 7.13. The van der Waals surface area contributed by atoms with E-state index in [4.69, 9.17) is 5.73 Å². The van der Waals surface area contributed by atoms with E-state index in [1.807, 2.05) is 10.3 Å². The molecule has 4 rings (SSSR count). The fraction of sp³-hybridized carbons (Fsp3) is 0.500. The molecule has 2 aliphatic heterocycles. The van der Waals surface area contributed by atoms with Crippen LogP contribution in [0.25, 0.3) is 0 Å². The van der Waals surface area contributed by atoms with Gasteiger partial charge in [0.25, 0.3) is 0 Å². The third kappa shape index (κ3) is 3.91. The molecule has 1 fully saturated rings. The number of carbonyl (C=O) groups excluding carboxylic acids is 1. The van der Waals surface area contributed by atoms with Gasteiger partial charge in [0.2, 0.25) is 5.91 Å². The number of carbonyl (C=O) groups is 1. The normalized spacial score (nSPS) is 18.7. The Balaban J connectivity index is 1.26. The van der Waals surface area contributed by atoms with Crippen molar-refractivity contribution in [2.24, 2.45) is 0 Å². The van der Waals surface area contributed by atoms with Gasteiger partial charge in [-0.15, -0.1) is 11.3 Å². The summed E-state index contributed by atoms with van der Waals surface area (Å²) >= 11 is 1.44. The monoisotopic (exact) mass is 370 g/mol. The first kappa shape index (κ1) is 17.5. The van der Waals surface area contributed by atoms with Crippen LogP contribution in [-0.2, 0) is 24.2 Å². The number of rotatable bonds is 4. The molecule has 6 heteroatoms. The highest BCUT2D eigenvalue weighted by Crippen LogP contribution is 2.25. The van der Waals surface area contributed by atoms with Crippen molar-refractivity contribution >= 4 is 22.4 Å². The van der Waals surface area contributed by atoms with Crippen molar-refractivity contribution in [1.82, 2.24) is 14.8 Å². The van der Waals surface area contributed by atoms with Gasteiger partial charge in [-0.2, -0.15) is 0 Å². The lowest BCUT2D eigenvalue weighted by Gasteiger charge is -2.40. The number of hydrogen-bond donors (Lipinski definition) is 1.